The molecule has 25 heavy (non-hydrogen) atoms. The molecule has 5 heteroatoms. The van der Waals surface area contributed by atoms with E-state index in [9.17, 15) is 0 Å². The van der Waals surface area contributed by atoms with Crippen LogP contribution in [0.3, 0.4) is 0 Å². The van der Waals surface area contributed by atoms with Crippen LogP contribution in [0.2, 0.25) is 0 Å². The number of halogens is 1. The van der Waals surface area contributed by atoms with Crippen LogP contribution < -0.4 is 5.32 Å². The lowest BCUT2D eigenvalue weighted by Crippen LogP contribution is -2.46. The van der Waals surface area contributed by atoms with E-state index in [1.54, 1.807) is 0 Å². The summed E-state index contributed by atoms with van der Waals surface area (Å²) in [6.45, 7) is 10.8. The van der Waals surface area contributed by atoms with Crippen LogP contribution >= 0.6 is 24.0 Å². The highest BCUT2D eigenvalue weighted by Crippen LogP contribution is 2.16. The summed E-state index contributed by atoms with van der Waals surface area (Å²) >= 11 is 0. The lowest BCUT2D eigenvalue weighted by molar-refractivity contribution is 0.263. The fraction of sp³-hybridized carbons (Fsp3) is 0.650. The molecule has 0 radical (unpaired) electrons. The normalized spacial score (nSPS) is 18.4. The molecule has 1 N–H and O–H groups in total. The van der Waals surface area contributed by atoms with Crippen LogP contribution in [0.15, 0.2) is 29.3 Å². The summed E-state index contributed by atoms with van der Waals surface area (Å²) in [7, 11) is 4.07. The van der Waals surface area contributed by atoms with E-state index >= 15 is 0 Å². The van der Waals surface area contributed by atoms with E-state index in [1.807, 2.05) is 7.05 Å². The summed E-state index contributed by atoms with van der Waals surface area (Å²) in [5.41, 5.74) is 2.75. The van der Waals surface area contributed by atoms with Crippen molar-refractivity contribution in [1.82, 2.24) is 15.1 Å². The topological polar surface area (TPSA) is 30.9 Å². The number of rotatable bonds is 5. The molecule has 1 saturated heterocycles. The summed E-state index contributed by atoms with van der Waals surface area (Å²) < 4.78 is 0. The van der Waals surface area contributed by atoms with Gasteiger partial charge in [0.1, 0.15) is 0 Å². The number of hydrogen-bond donors (Lipinski definition) is 1. The Morgan fingerprint density at radius 3 is 2.60 bits per heavy atom. The van der Waals surface area contributed by atoms with Crippen molar-refractivity contribution in [2.75, 3.05) is 27.2 Å². The molecule has 1 fully saturated rings. The number of nitrogens with one attached hydrogen (secondary N) is 1. The maximum absolute atomic E-state index is 4.50. The van der Waals surface area contributed by atoms with E-state index in [2.05, 4.69) is 72.2 Å². The zero-order valence-corrected chi connectivity index (χ0v) is 18.8. The Kier molecular flexibility index (Phi) is 9.79. The largest absolute Gasteiger partial charge is 0.352 e. The Morgan fingerprint density at radius 1 is 1.32 bits per heavy atom. The van der Waals surface area contributed by atoms with E-state index in [0.29, 0.717) is 6.04 Å². The van der Waals surface area contributed by atoms with Crippen LogP contribution in [0.5, 0.6) is 0 Å². The summed E-state index contributed by atoms with van der Waals surface area (Å²) in [4.78, 5) is 9.28. The zero-order chi connectivity index (χ0) is 17.5. The van der Waals surface area contributed by atoms with Gasteiger partial charge in [0.15, 0.2) is 5.96 Å². The van der Waals surface area contributed by atoms with Gasteiger partial charge in [-0.25, -0.2) is 0 Å². The smallest absolute Gasteiger partial charge is 0.193 e. The van der Waals surface area contributed by atoms with Crippen LogP contribution in [-0.4, -0.2) is 49.0 Å². The summed E-state index contributed by atoms with van der Waals surface area (Å²) in [6, 6.07) is 9.27. The first-order chi connectivity index (χ1) is 11.5. The predicted octanol–water partition coefficient (Wildman–Crippen LogP) is 3.95. The molecule has 1 aromatic carbocycles. The number of aliphatic imine (C=N–C) groups is 1. The fourth-order valence-electron chi connectivity index (χ4n) is 3.22. The molecule has 1 aromatic rings. The average molecular weight is 458 g/mol. The molecule has 2 rings (SSSR count). The van der Waals surface area contributed by atoms with Gasteiger partial charge in [-0.2, -0.15) is 0 Å². The Bertz CT molecular complexity index is 544. The van der Waals surface area contributed by atoms with Crippen molar-refractivity contribution in [2.45, 2.75) is 52.7 Å². The molecule has 1 aliphatic heterocycles. The van der Waals surface area contributed by atoms with Gasteiger partial charge >= 0.3 is 0 Å². The van der Waals surface area contributed by atoms with Gasteiger partial charge in [0.2, 0.25) is 0 Å². The fourth-order valence-corrected chi connectivity index (χ4v) is 3.22. The van der Waals surface area contributed by atoms with Gasteiger partial charge in [-0.3, -0.25) is 9.89 Å². The first kappa shape index (κ1) is 22.2. The first-order valence-corrected chi connectivity index (χ1v) is 9.24. The molecule has 1 heterocycles. The maximum Gasteiger partial charge on any atom is 0.193 e. The molecular formula is C20H35IN4. The van der Waals surface area contributed by atoms with Crippen LogP contribution in [-0.2, 0) is 13.1 Å². The minimum Gasteiger partial charge on any atom is -0.352 e. The van der Waals surface area contributed by atoms with Gasteiger partial charge in [0.05, 0.1) is 0 Å². The SMILES string of the molecule is CN=C(NCc1ccccc1CN(C)C(C)C)N1CCCC(C)C1.I. The number of piperidine rings is 1. The van der Waals surface area contributed by atoms with Crippen LogP contribution in [0.1, 0.15) is 44.7 Å². The van der Waals surface area contributed by atoms with Crippen LogP contribution in [0.4, 0.5) is 0 Å². The summed E-state index contributed by atoms with van der Waals surface area (Å²) in [6.07, 6.45) is 2.59. The molecule has 0 aliphatic carbocycles. The minimum atomic E-state index is 0. The molecular weight excluding hydrogens is 423 g/mol. The lowest BCUT2D eigenvalue weighted by Gasteiger charge is -2.33. The van der Waals surface area contributed by atoms with Gasteiger partial charge < -0.3 is 10.2 Å². The van der Waals surface area contributed by atoms with Gasteiger partial charge in [-0.1, -0.05) is 31.2 Å². The average Bonchev–Trinajstić information content (AvgIpc) is 2.56. The van der Waals surface area contributed by atoms with Crippen molar-refractivity contribution in [3.05, 3.63) is 35.4 Å². The third-order valence-electron chi connectivity index (χ3n) is 5.02. The monoisotopic (exact) mass is 458 g/mol. The standard InChI is InChI=1S/C20H34N4.HI/c1-16(2)23(5)15-19-11-7-6-10-18(19)13-22-20(21-4)24-12-8-9-17(3)14-24;/h6-7,10-11,16-17H,8-9,12-15H2,1-5H3,(H,21,22);1H. The van der Waals surface area contributed by atoms with E-state index < -0.39 is 0 Å². The molecule has 0 saturated carbocycles. The van der Waals surface area contributed by atoms with Gasteiger partial charge in [-0.15, -0.1) is 24.0 Å². The molecule has 1 aliphatic rings. The quantitative estimate of drug-likeness (QED) is 0.412. The van der Waals surface area contributed by atoms with Crippen molar-refractivity contribution in [3.8, 4) is 0 Å². The Hall–Kier alpha value is -0.820. The molecule has 1 unspecified atom stereocenters. The predicted molar refractivity (Wildman–Crippen MR) is 119 cm³/mol. The molecule has 0 spiro atoms. The van der Waals surface area contributed by atoms with E-state index in [1.165, 1.54) is 24.0 Å². The third kappa shape index (κ3) is 6.77. The maximum atomic E-state index is 4.50. The molecule has 4 nitrogen and oxygen atoms in total. The van der Waals surface area contributed by atoms with Crippen LogP contribution in [0.25, 0.3) is 0 Å². The number of likely N-dealkylation sites (tertiary alicyclic amines) is 1. The second-order valence-electron chi connectivity index (χ2n) is 7.37. The second kappa shape index (κ2) is 11.0. The van der Waals surface area contributed by atoms with Crippen molar-refractivity contribution >= 4 is 29.9 Å². The minimum absolute atomic E-state index is 0. The highest BCUT2D eigenvalue weighted by molar-refractivity contribution is 14.0. The summed E-state index contributed by atoms with van der Waals surface area (Å²) in [5, 5.41) is 3.58. The van der Waals surface area contributed by atoms with Gasteiger partial charge in [0, 0.05) is 39.3 Å². The first-order valence-electron chi connectivity index (χ1n) is 9.24. The Balaban J connectivity index is 0.00000312. The zero-order valence-electron chi connectivity index (χ0n) is 16.5. The van der Waals surface area contributed by atoms with Gasteiger partial charge in [-0.05, 0) is 50.8 Å². The molecule has 0 amide bonds. The van der Waals surface area contributed by atoms with Gasteiger partial charge in [0.25, 0.3) is 0 Å². The van der Waals surface area contributed by atoms with Crippen molar-refractivity contribution < 1.29 is 0 Å². The molecule has 1 atom stereocenters. The number of benzene rings is 1. The van der Waals surface area contributed by atoms with Crippen molar-refractivity contribution in [3.63, 3.8) is 0 Å². The number of hydrogen-bond acceptors (Lipinski definition) is 2. The molecule has 0 bridgehead atoms. The Labute approximate surface area is 171 Å². The Morgan fingerprint density at radius 2 is 2.00 bits per heavy atom. The highest BCUT2D eigenvalue weighted by Gasteiger charge is 2.19. The molecule has 142 valence electrons. The van der Waals surface area contributed by atoms with Crippen LogP contribution in [0, 0.1) is 5.92 Å². The second-order valence-corrected chi connectivity index (χ2v) is 7.37. The third-order valence-corrected chi connectivity index (χ3v) is 5.02. The van der Waals surface area contributed by atoms with Crippen molar-refractivity contribution in [1.29, 1.82) is 0 Å². The highest BCUT2D eigenvalue weighted by atomic mass is 127. The van der Waals surface area contributed by atoms with E-state index in [0.717, 1.165) is 38.1 Å². The number of nitrogens with zero attached hydrogens (tertiary/aromatic N) is 3. The van der Waals surface area contributed by atoms with E-state index in [-0.39, 0.29) is 24.0 Å². The molecule has 0 aromatic heterocycles. The van der Waals surface area contributed by atoms with E-state index in [4.69, 9.17) is 0 Å². The van der Waals surface area contributed by atoms with Crippen molar-refractivity contribution in [2.24, 2.45) is 10.9 Å². The number of guanidine groups is 1. The lowest BCUT2D eigenvalue weighted by atomic mass is 10.0. The summed E-state index contributed by atoms with van der Waals surface area (Å²) in [5.74, 6) is 1.79.